The summed E-state index contributed by atoms with van der Waals surface area (Å²) >= 11 is 17.3. The summed E-state index contributed by atoms with van der Waals surface area (Å²) in [6, 6.07) is 16.5. The normalized spacial score (nSPS) is 15.5. The average Bonchev–Trinajstić information content (AvgIpc) is 3.01. The fourth-order valence-electron chi connectivity index (χ4n) is 3.58. The summed E-state index contributed by atoms with van der Waals surface area (Å²) in [5.41, 5.74) is 4.06. The minimum Gasteiger partial charge on any atom is -0.318 e. The van der Waals surface area contributed by atoms with Gasteiger partial charge in [-0.15, -0.1) is 0 Å². The number of para-hydroxylation sites is 1. The van der Waals surface area contributed by atoms with Crippen LogP contribution in [0, 0.1) is 13.8 Å². The zero-order valence-electron chi connectivity index (χ0n) is 16.6. The molecule has 0 radical (unpaired) electrons. The van der Waals surface area contributed by atoms with Crippen molar-refractivity contribution in [3.63, 3.8) is 0 Å². The van der Waals surface area contributed by atoms with Crippen LogP contribution in [0.25, 0.3) is 11.8 Å². The van der Waals surface area contributed by atoms with Crippen molar-refractivity contribution in [3.05, 3.63) is 87.2 Å². The standard InChI is InChI=1S/C23H17Cl2N3O2S/c1-13-10-15(14(2)27(13)16-6-4-3-5-7-16)11-18-21(29)26-23(31)28(22(18)30)17-8-9-19(24)20(25)12-17/h3-12H,1-2H3,(H,26,29,31)/b18-11+. The minimum atomic E-state index is -0.546. The summed E-state index contributed by atoms with van der Waals surface area (Å²) in [5.74, 6) is -1.08. The third-order valence-corrected chi connectivity index (χ3v) is 6.07. The van der Waals surface area contributed by atoms with E-state index in [0.717, 1.165) is 22.6 Å². The zero-order valence-corrected chi connectivity index (χ0v) is 19.0. The molecule has 3 aromatic rings. The Kier molecular flexibility index (Phi) is 5.71. The van der Waals surface area contributed by atoms with Gasteiger partial charge in [-0.2, -0.15) is 0 Å². The fourth-order valence-corrected chi connectivity index (χ4v) is 4.15. The lowest BCUT2D eigenvalue weighted by Gasteiger charge is -2.29. The maximum Gasteiger partial charge on any atom is 0.270 e. The van der Waals surface area contributed by atoms with Crippen molar-refractivity contribution < 1.29 is 9.59 Å². The molecule has 31 heavy (non-hydrogen) atoms. The number of carbonyl (C=O) groups is 2. The highest BCUT2D eigenvalue weighted by Crippen LogP contribution is 2.30. The molecule has 1 aromatic heterocycles. The number of anilines is 1. The second kappa shape index (κ2) is 8.30. The van der Waals surface area contributed by atoms with Crippen molar-refractivity contribution in [2.75, 3.05) is 4.90 Å². The Balaban J connectivity index is 1.77. The second-order valence-electron chi connectivity index (χ2n) is 7.05. The van der Waals surface area contributed by atoms with Crippen LogP contribution >= 0.6 is 35.4 Å². The first-order chi connectivity index (χ1) is 14.8. The molecule has 2 aromatic carbocycles. The molecule has 1 aliphatic heterocycles. The predicted molar refractivity (Wildman–Crippen MR) is 128 cm³/mol. The number of halogens is 2. The molecule has 5 nitrogen and oxygen atoms in total. The predicted octanol–water partition coefficient (Wildman–Crippen LogP) is 5.23. The molecular formula is C23H17Cl2N3O2S. The van der Waals surface area contributed by atoms with Crippen LogP contribution in [0.1, 0.15) is 17.0 Å². The van der Waals surface area contributed by atoms with Crippen molar-refractivity contribution in [1.82, 2.24) is 9.88 Å². The Morgan fingerprint density at radius 1 is 0.935 bits per heavy atom. The van der Waals surface area contributed by atoms with E-state index in [0.29, 0.717) is 10.7 Å². The number of nitrogens with zero attached hydrogens (tertiary/aromatic N) is 2. The maximum atomic E-state index is 13.2. The number of rotatable bonds is 3. The van der Waals surface area contributed by atoms with Gasteiger partial charge in [0.15, 0.2) is 5.11 Å². The lowest BCUT2D eigenvalue weighted by atomic mass is 10.1. The molecule has 1 aliphatic rings. The van der Waals surface area contributed by atoms with E-state index in [1.54, 1.807) is 18.2 Å². The topological polar surface area (TPSA) is 54.3 Å². The quantitative estimate of drug-likeness (QED) is 0.324. The number of carbonyl (C=O) groups excluding carboxylic acids is 2. The third-order valence-electron chi connectivity index (χ3n) is 5.05. The molecule has 1 saturated heterocycles. The summed E-state index contributed by atoms with van der Waals surface area (Å²) in [5, 5.41) is 3.20. The molecule has 8 heteroatoms. The average molecular weight is 470 g/mol. The van der Waals surface area contributed by atoms with E-state index in [2.05, 4.69) is 9.88 Å². The minimum absolute atomic E-state index is 0.0136. The third kappa shape index (κ3) is 3.90. The van der Waals surface area contributed by atoms with Crippen LogP contribution in [0.3, 0.4) is 0 Å². The number of nitrogens with one attached hydrogen (secondary N) is 1. The largest absolute Gasteiger partial charge is 0.318 e. The Bertz CT molecular complexity index is 1270. The second-order valence-corrected chi connectivity index (χ2v) is 8.25. The molecule has 2 heterocycles. The van der Waals surface area contributed by atoms with Gasteiger partial charge in [0.2, 0.25) is 0 Å². The van der Waals surface area contributed by atoms with Gasteiger partial charge in [-0.3, -0.25) is 19.8 Å². The first-order valence-corrected chi connectivity index (χ1v) is 10.5. The van der Waals surface area contributed by atoms with Gasteiger partial charge in [-0.05, 0) is 74.1 Å². The highest BCUT2D eigenvalue weighted by Gasteiger charge is 2.35. The Morgan fingerprint density at radius 3 is 2.32 bits per heavy atom. The Morgan fingerprint density at radius 2 is 1.65 bits per heavy atom. The van der Waals surface area contributed by atoms with Crippen LogP contribution in [-0.4, -0.2) is 21.5 Å². The van der Waals surface area contributed by atoms with E-state index in [1.165, 1.54) is 11.0 Å². The molecule has 2 amide bonds. The first kappa shape index (κ1) is 21.3. The van der Waals surface area contributed by atoms with Gasteiger partial charge < -0.3 is 4.57 Å². The van der Waals surface area contributed by atoms with Crippen LogP contribution in [0.2, 0.25) is 10.0 Å². The Hall–Kier alpha value is -2.93. The van der Waals surface area contributed by atoms with Crippen LogP contribution in [0.15, 0.2) is 60.2 Å². The number of thiocarbonyl (C=S) groups is 1. The van der Waals surface area contributed by atoms with E-state index in [1.807, 2.05) is 50.2 Å². The lowest BCUT2D eigenvalue weighted by Crippen LogP contribution is -2.54. The monoisotopic (exact) mass is 469 g/mol. The van der Waals surface area contributed by atoms with Gasteiger partial charge in [-0.25, -0.2) is 0 Å². The Labute approximate surface area is 194 Å². The number of amides is 2. The van der Waals surface area contributed by atoms with Crippen molar-refractivity contribution in [2.45, 2.75) is 13.8 Å². The van der Waals surface area contributed by atoms with Crippen LogP contribution in [0.5, 0.6) is 0 Å². The molecule has 0 unspecified atom stereocenters. The van der Waals surface area contributed by atoms with Crippen molar-refractivity contribution >= 4 is 64.1 Å². The summed E-state index contributed by atoms with van der Waals surface area (Å²) in [7, 11) is 0. The maximum absolute atomic E-state index is 13.2. The van der Waals surface area contributed by atoms with E-state index in [-0.39, 0.29) is 15.7 Å². The van der Waals surface area contributed by atoms with E-state index >= 15 is 0 Å². The van der Waals surface area contributed by atoms with Gasteiger partial charge in [0.25, 0.3) is 11.8 Å². The molecule has 0 saturated carbocycles. The van der Waals surface area contributed by atoms with Crippen molar-refractivity contribution in [3.8, 4) is 5.69 Å². The van der Waals surface area contributed by atoms with E-state index in [9.17, 15) is 9.59 Å². The van der Waals surface area contributed by atoms with Crippen LogP contribution in [0.4, 0.5) is 5.69 Å². The van der Waals surface area contributed by atoms with Gasteiger partial charge in [0, 0.05) is 17.1 Å². The molecule has 0 aliphatic carbocycles. The van der Waals surface area contributed by atoms with E-state index in [4.69, 9.17) is 35.4 Å². The molecular weight excluding hydrogens is 453 g/mol. The number of aromatic nitrogens is 1. The number of hydrogen-bond acceptors (Lipinski definition) is 3. The van der Waals surface area contributed by atoms with Gasteiger partial charge in [0.05, 0.1) is 15.7 Å². The number of aryl methyl sites for hydroxylation is 1. The molecule has 0 bridgehead atoms. The zero-order chi connectivity index (χ0) is 22.3. The summed E-state index contributed by atoms with van der Waals surface area (Å²) in [6.07, 6.45) is 1.59. The molecule has 0 spiro atoms. The molecule has 0 atom stereocenters. The summed E-state index contributed by atoms with van der Waals surface area (Å²) in [4.78, 5) is 27.1. The lowest BCUT2D eigenvalue weighted by molar-refractivity contribution is -0.122. The van der Waals surface area contributed by atoms with Crippen molar-refractivity contribution in [2.24, 2.45) is 0 Å². The van der Waals surface area contributed by atoms with Gasteiger partial charge in [0.1, 0.15) is 5.57 Å². The molecule has 4 rings (SSSR count). The van der Waals surface area contributed by atoms with Gasteiger partial charge in [-0.1, -0.05) is 41.4 Å². The molecule has 1 fully saturated rings. The van der Waals surface area contributed by atoms with Gasteiger partial charge >= 0.3 is 0 Å². The first-order valence-electron chi connectivity index (χ1n) is 9.39. The summed E-state index contributed by atoms with van der Waals surface area (Å²) in [6.45, 7) is 3.92. The van der Waals surface area contributed by atoms with Crippen molar-refractivity contribution in [1.29, 1.82) is 0 Å². The molecule has 156 valence electrons. The number of benzene rings is 2. The van der Waals surface area contributed by atoms with Crippen LogP contribution in [-0.2, 0) is 9.59 Å². The SMILES string of the molecule is Cc1cc(/C=C2\C(=O)NC(=S)N(c3ccc(Cl)c(Cl)c3)C2=O)c(C)n1-c1ccccc1. The smallest absolute Gasteiger partial charge is 0.270 e. The van der Waals surface area contributed by atoms with E-state index < -0.39 is 11.8 Å². The highest BCUT2D eigenvalue weighted by atomic mass is 35.5. The number of hydrogen-bond donors (Lipinski definition) is 1. The fraction of sp³-hybridized carbons (Fsp3) is 0.0870. The van der Waals surface area contributed by atoms with Crippen LogP contribution < -0.4 is 10.2 Å². The highest BCUT2D eigenvalue weighted by molar-refractivity contribution is 7.80. The molecule has 1 N–H and O–H groups in total. The summed E-state index contributed by atoms with van der Waals surface area (Å²) < 4.78 is 2.07.